The smallest absolute Gasteiger partial charge is 0.324 e. The Hall–Kier alpha value is -2.44. The van der Waals surface area contributed by atoms with Gasteiger partial charge in [-0.1, -0.05) is 0 Å². The Morgan fingerprint density at radius 3 is 2.78 bits per heavy atom. The lowest BCUT2D eigenvalue weighted by atomic mass is 10.0. The van der Waals surface area contributed by atoms with Gasteiger partial charge in [-0.3, -0.25) is 20.5 Å². The van der Waals surface area contributed by atoms with Crippen molar-refractivity contribution in [3.8, 4) is 0 Å². The molecular weight excluding hydrogens is 234 g/mol. The molecule has 0 saturated carbocycles. The topological polar surface area (TPSA) is 112 Å². The maximum Gasteiger partial charge on any atom is 0.324 e. The first kappa shape index (κ1) is 12.0. The van der Waals surface area contributed by atoms with E-state index in [2.05, 4.69) is 10.3 Å². The highest BCUT2D eigenvalue weighted by Crippen LogP contribution is 2.12. The van der Waals surface area contributed by atoms with Crippen LogP contribution in [0.25, 0.3) is 0 Å². The van der Waals surface area contributed by atoms with Crippen LogP contribution in [0.5, 0.6) is 0 Å². The highest BCUT2D eigenvalue weighted by Gasteiger charge is 2.33. The van der Waals surface area contributed by atoms with Gasteiger partial charge in [-0.05, 0) is 17.7 Å². The Labute approximate surface area is 103 Å². The average molecular weight is 247 g/mol. The van der Waals surface area contributed by atoms with E-state index in [1.807, 2.05) is 0 Å². The number of imide groups is 1. The van der Waals surface area contributed by atoms with Crippen molar-refractivity contribution < 1.29 is 9.59 Å². The second-order valence-corrected chi connectivity index (χ2v) is 4.04. The average Bonchev–Trinajstić information content (AvgIpc) is 2.33. The summed E-state index contributed by atoms with van der Waals surface area (Å²) in [6.07, 6.45) is 3.26. The van der Waals surface area contributed by atoms with Crippen LogP contribution in [0.4, 0.5) is 4.79 Å². The Bertz CT molecular complexity index is 487. The van der Waals surface area contributed by atoms with Crippen molar-refractivity contribution in [1.82, 2.24) is 15.2 Å². The fourth-order valence-electron chi connectivity index (χ4n) is 1.74. The Morgan fingerprint density at radius 1 is 1.50 bits per heavy atom. The SMILES string of the molecule is N=C(N)[C@H]1CN(Cc2ccncc2)C(=O)NC1=O. The maximum absolute atomic E-state index is 11.6. The lowest BCUT2D eigenvalue weighted by molar-refractivity contribution is -0.123. The molecule has 1 aromatic rings. The summed E-state index contributed by atoms with van der Waals surface area (Å²) in [5.41, 5.74) is 6.23. The van der Waals surface area contributed by atoms with Crippen LogP contribution in [-0.4, -0.2) is 34.2 Å². The molecule has 0 spiro atoms. The van der Waals surface area contributed by atoms with Gasteiger partial charge in [-0.25, -0.2) is 4.79 Å². The molecule has 94 valence electrons. The number of hydrogen-bond donors (Lipinski definition) is 3. The van der Waals surface area contributed by atoms with Crippen LogP contribution < -0.4 is 11.1 Å². The monoisotopic (exact) mass is 247 g/mol. The van der Waals surface area contributed by atoms with Gasteiger partial charge in [0.1, 0.15) is 11.8 Å². The fourth-order valence-corrected chi connectivity index (χ4v) is 1.74. The molecule has 4 N–H and O–H groups in total. The minimum Gasteiger partial charge on any atom is -0.387 e. The van der Waals surface area contributed by atoms with Gasteiger partial charge in [0.05, 0.1) is 0 Å². The highest BCUT2D eigenvalue weighted by atomic mass is 16.2. The van der Waals surface area contributed by atoms with E-state index < -0.39 is 17.9 Å². The second kappa shape index (κ2) is 4.82. The molecule has 0 unspecified atom stereocenters. The van der Waals surface area contributed by atoms with Crippen molar-refractivity contribution in [3.63, 3.8) is 0 Å². The van der Waals surface area contributed by atoms with Crippen LogP contribution in [-0.2, 0) is 11.3 Å². The van der Waals surface area contributed by atoms with Crippen LogP contribution in [0.2, 0.25) is 0 Å². The summed E-state index contributed by atoms with van der Waals surface area (Å²) in [6.45, 7) is 0.480. The number of nitrogens with one attached hydrogen (secondary N) is 2. The van der Waals surface area contributed by atoms with Crippen molar-refractivity contribution in [2.45, 2.75) is 6.54 Å². The third-order valence-electron chi connectivity index (χ3n) is 2.74. The summed E-state index contributed by atoms with van der Waals surface area (Å²) in [6, 6.07) is 3.10. The molecule has 7 nitrogen and oxygen atoms in total. The van der Waals surface area contributed by atoms with E-state index in [4.69, 9.17) is 11.1 Å². The number of nitrogens with zero attached hydrogens (tertiary/aromatic N) is 2. The molecule has 1 aromatic heterocycles. The van der Waals surface area contributed by atoms with Gasteiger partial charge in [0.2, 0.25) is 5.91 Å². The first-order valence-electron chi connectivity index (χ1n) is 5.40. The molecule has 1 saturated heterocycles. The predicted molar refractivity (Wildman–Crippen MR) is 63.6 cm³/mol. The lowest BCUT2D eigenvalue weighted by Crippen LogP contribution is -2.57. The van der Waals surface area contributed by atoms with E-state index >= 15 is 0 Å². The molecule has 1 atom stereocenters. The second-order valence-electron chi connectivity index (χ2n) is 4.04. The summed E-state index contributed by atoms with van der Waals surface area (Å²) in [4.78, 5) is 28.4. The van der Waals surface area contributed by atoms with Gasteiger partial charge in [0.25, 0.3) is 0 Å². The fraction of sp³-hybridized carbons (Fsp3) is 0.273. The number of nitrogens with two attached hydrogens (primary N) is 1. The number of carbonyl (C=O) groups is 2. The van der Waals surface area contributed by atoms with E-state index in [0.29, 0.717) is 6.54 Å². The number of amidine groups is 1. The molecule has 0 radical (unpaired) electrons. The Balaban J connectivity index is 2.10. The third-order valence-corrected chi connectivity index (χ3v) is 2.74. The zero-order valence-electron chi connectivity index (χ0n) is 9.59. The zero-order valence-corrected chi connectivity index (χ0v) is 9.59. The molecule has 2 heterocycles. The normalized spacial score (nSPS) is 19.6. The number of amides is 3. The molecule has 0 aliphatic carbocycles. The number of aromatic nitrogens is 1. The van der Waals surface area contributed by atoms with Gasteiger partial charge >= 0.3 is 6.03 Å². The molecule has 1 fully saturated rings. The molecule has 7 heteroatoms. The van der Waals surface area contributed by atoms with Crippen LogP contribution in [0.15, 0.2) is 24.5 Å². The van der Waals surface area contributed by atoms with Gasteiger partial charge in [0.15, 0.2) is 0 Å². The minimum absolute atomic E-state index is 0.127. The van der Waals surface area contributed by atoms with E-state index in [1.54, 1.807) is 24.5 Å². The van der Waals surface area contributed by atoms with E-state index in [0.717, 1.165) is 5.56 Å². The molecule has 1 aliphatic heterocycles. The van der Waals surface area contributed by atoms with Crippen molar-refractivity contribution in [2.24, 2.45) is 11.7 Å². The molecule has 1 aliphatic rings. The van der Waals surface area contributed by atoms with Crippen molar-refractivity contribution in [1.29, 1.82) is 5.41 Å². The van der Waals surface area contributed by atoms with E-state index in [9.17, 15) is 9.59 Å². The molecule has 0 aromatic carbocycles. The standard InChI is InChI=1S/C11H13N5O2/c12-9(13)8-6-16(11(18)15-10(8)17)5-7-1-3-14-4-2-7/h1-4,8H,5-6H2,(H3,12,13)(H,15,17,18)/t8-/m1/s1. The number of hydrogen-bond acceptors (Lipinski definition) is 4. The minimum atomic E-state index is -0.774. The number of carbonyl (C=O) groups excluding carboxylic acids is 2. The first-order valence-corrected chi connectivity index (χ1v) is 5.40. The zero-order chi connectivity index (χ0) is 13.1. The Morgan fingerprint density at radius 2 is 2.17 bits per heavy atom. The van der Waals surface area contributed by atoms with Gasteiger partial charge in [0, 0.05) is 25.5 Å². The van der Waals surface area contributed by atoms with Gasteiger partial charge in [-0.2, -0.15) is 0 Å². The van der Waals surface area contributed by atoms with E-state index in [-0.39, 0.29) is 12.4 Å². The predicted octanol–water partition coefficient (Wildman–Crippen LogP) is -0.314. The molecular formula is C11H13N5O2. The van der Waals surface area contributed by atoms with Gasteiger partial charge in [-0.15, -0.1) is 0 Å². The third kappa shape index (κ3) is 2.45. The lowest BCUT2D eigenvalue weighted by Gasteiger charge is -2.31. The highest BCUT2D eigenvalue weighted by molar-refractivity contribution is 6.08. The Kier molecular flexibility index (Phi) is 3.22. The summed E-state index contributed by atoms with van der Waals surface area (Å²) in [5.74, 6) is -1.53. The van der Waals surface area contributed by atoms with Crippen LogP contribution in [0, 0.1) is 11.3 Å². The van der Waals surface area contributed by atoms with E-state index in [1.165, 1.54) is 4.90 Å². The maximum atomic E-state index is 11.6. The summed E-state index contributed by atoms with van der Waals surface area (Å²) in [7, 11) is 0. The van der Waals surface area contributed by atoms with Gasteiger partial charge < -0.3 is 10.6 Å². The quantitative estimate of drug-likeness (QED) is 0.502. The van der Waals surface area contributed by atoms with Crippen molar-refractivity contribution >= 4 is 17.8 Å². The van der Waals surface area contributed by atoms with Crippen LogP contribution in [0.1, 0.15) is 5.56 Å². The van der Waals surface area contributed by atoms with Crippen molar-refractivity contribution in [3.05, 3.63) is 30.1 Å². The molecule has 3 amide bonds. The largest absolute Gasteiger partial charge is 0.387 e. The summed E-state index contributed by atoms with van der Waals surface area (Å²) >= 11 is 0. The summed E-state index contributed by atoms with van der Waals surface area (Å²) < 4.78 is 0. The van der Waals surface area contributed by atoms with Crippen LogP contribution in [0.3, 0.4) is 0 Å². The number of pyridine rings is 1. The first-order chi connectivity index (χ1) is 8.58. The molecule has 18 heavy (non-hydrogen) atoms. The molecule has 0 bridgehead atoms. The molecule has 2 rings (SSSR count). The van der Waals surface area contributed by atoms with Crippen LogP contribution >= 0.6 is 0 Å². The van der Waals surface area contributed by atoms with Crippen molar-refractivity contribution in [2.75, 3.05) is 6.54 Å². The number of rotatable bonds is 3. The summed E-state index contributed by atoms with van der Waals surface area (Å²) in [5, 5.41) is 9.52. The number of urea groups is 1.